The zero-order valence-electron chi connectivity index (χ0n) is 16.7. The van der Waals surface area contributed by atoms with E-state index < -0.39 is 0 Å². The minimum atomic E-state index is -0.211. The van der Waals surface area contributed by atoms with Gasteiger partial charge in [0.25, 0.3) is 11.8 Å². The van der Waals surface area contributed by atoms with E-state index in [1.165, 1.54) is 0 Å². The third-order valence-corrected chi connectivity index (χ3v) is 4.17. The molecule has 0 aromatic heterocycles. The summed E-state index contributed by atoms with van der Waals surface area (Å²) in [6.07, 6.45) is 0.0830. The topological polar surface area (TPSA) is 67.4 Å². The van der Waals surface area contributed by atoms with Crippen LogP contribution in [0.25, 0.3) is 0 Å². The molecule has 0 fully saturated rings. The summed E-state index contributed by atoms with van der Waals surface area (Å²) in [6.45, 7) is 5.85. The van der Waals surface area contributed by atoms with Gasteiger partial charge in [0, 0.05) is 22.5 Å². The molecule has 0 atom stereocenters. The van der Waals surface area contributed by atoms with Gasteiger partial charge in [0.15, 0.2) is 0 Å². The van der Waals surface area contributed by atoms with Gasteiger partial charge in [-0.3, -0.25) is 9.59 Å². The summed E-state index contributed by atoms with van der Waals surface area (Å²) in [7, 11) is 0. The maximum absolute atomic E-state index is 12.4. The van der Waals surface area contributed by atoms with Gasteiger partial charge in [-0.25, -0.2) is 0 Å². The van der Waals surface area contributed by atoms with Crippen LogP contribution in [-0.2, 0) is 0 Å². The maximum atomic E-state index is 12.4. The Kier molecular flexibility index (Phi) is 6.29. The van der Waals surface area contributed by atoms with Crippen LogP contribution in [0.2, 0.25) is 0 Å². The number of carbonyl (C=O) groups is 2. The zero-order valence-corrected chi connectivity index (χ0v) is 16.7. The first kappa shape index (κ1) is 20.1. The number of benzene rings is 3. The lowest BCUT2D eigenvalue weighted by Crippen LogP contribution is -2.13. The number of aryl methyl sites for hydroxylation is 1. The summed E-state index contributed by atoms with van der Waals surface area (Å²) in [5.41, 5.74) is 3.47. The molecular weight excluding hydrogens is 364 g/mol. The minimum absolute atomic E-state index is 0.0830. The van der Waals surface area contributed by atoms with Crippen LogP contribution in [-0.4, -0.2) is 17.9 Å². The Balaban J connectivity index is 1.60. The maximum Gasteiger partial charge on any atom is 0.255 e. The van der Waals surface area contributed by atoms with E-state index in [1.54, 1.807) is 54.6 Å². The van der Waals surface area contributed by atoms with E-state index in [4.69, 9.17) is 4.74 Å². The average molecular weight is 388 g/mol. The molecule has 0 bridgehead atoms. The van der Waals surface area contributed by atoms with Crippen molar-refractivity contribution in [3.63, 3.8) is 0 Å². The Morgan fingerprint density at radius 3 is 1.83 bits per heavy atom. The fourth-order valence-electron chi connectivity index (χ4n) is 2.79. The van der Waals surface area contributed by atoms with Crippen molar-refractivity contribution in [1.82, 2.24) is 0 Å². The summed E-state index contributed by atoms with van der Waals surface area (Å²) >= 11 is 0. The highest BCUT2D eigenvalue weighted by Gasteiger charge is 2.09. The van der Waals surface area contributed by atoms with Crippen LogP contribution in [0.1, 0.15) is 40.1 Å². The lowest BCUT2D eigenvalue weighted by molar-refractivity contribution is 0.101. The first-order valence-corrected chi connectivity index (χ1v) is 9.47. The lowest BCUT2D eigenvalue weighted by atomic mass is 10.1. The highest BCUT2D eigenvalue weighted by atomic mass is 16.5. The van der Waals surface area contributed by atoms with Crippen molar-refractivity contribution in [3.8, 4) is 5.75 Å². The van der Waals surface area contributed by atoms with Gasteiger partial charge in [-0.2, -0.15) is 0 Å². The van der Waals surface area contributed by atoms with Gasteiger partial charge in [0.2, 0.25) is 0 Å². The molecule has 2 N–H and O–H groups in total. The van der Waals surface area contributed by atoms with Crippen LogP contribution in [0.15, 0.2) is 72.8 Å². The molecule has 29 heavy (non-hydrogen) atoms. The van der Waals surface area contributed by atoms with E-state index in [0.717, 1.165) is 11.3 Å². The van der Waals surface area contributed by atoms with Crippen molar-refractivity contribution >= 4 is 23.2 Å². The second kappa shape index (κ2) is 9.06. The molecule has 3 rings (SSSR count). The van der Waals surface area contributed by atoms with Gasteiger partial charge in [0.05, 0.1) is 6.10 Å². The van der Waals surface area contributed by atoms with Gasteiger partial charge < -0.3 is 15.4 Å². The first-order chi connectivity index (χ1) is 13.9. The van der Waals surface area contributed by atoms with Gasteiger partial charge in [0.1, 0.15) is 5.75 Å². The highest BCUT2D eigenvalue weighted by Crippen LogP contribution is 2.18. The van der Waals surface area contributed by atoms with Crippen molar-refractivity contribution in [3.05, 3.63) is 89.5 Å². The molecular formula is C24H24N2O3. The molecule has 3 aromatic rings. The van der Waals surface area contributed by atoms with Crippen LogP contribution >= 0.6 is 0 Å². The molecule has 0 aliphatic carbocycles. The Bertz CT molecular complexity index is 993. The molecule has 0 aliphatic rings. The van der Waals surface area contributed by atoms with Crippen LogP contribution in [0.4, 0.5) is 11.4 Å². The highest BCUT2D eigenvalue weighted by molar-refractivity contribution is 6.05. The van der Waals surface area contributed by atoms with E-state index >= 15 is 0 Å². The smallest absolute Gasteiger partial charge is 0.255 e. The Morgan fingerprint density at radius 1 is 0.759 bits per heavy atom. The van der Waals surface area contributed by atoms with Crippen LogP contribution < -0.4 is 15.4 Å². The standard InChI is InChI=1S/C24H24N2O3/c1-16(2)29-22-13-7-18(8-14-22)23(27)25-20-9-11-21(12-10-20)26-24(28)19-6-4-5-17(3)15-19/h4-16H,1-3H3,(H,25,27)(H,26,28). The molecule has 0 heterocycles. The van der Waals surface area contributed by atoms with Crippen LogP contribution in [0, 0.1) is 6.92 Å². The second-order valence-electron chi connectivity index (χ2n) is 7.05. The predicted octanol–water partition coefficient (Wildman–Crippen LogP) is 5.29. The molecule has 0 saturated heterocycles. The minimum Gasteiger partial charge on any atom is -0.491 e. The van der Waals surface area contributed by atoms with Gasteiger partial charge in [-0.1, -0.05) is 17.7 Å². The molecule has 0 unspecified atom stereocenters. The number of amides is 2. The van der Waals surface area contributed by atoms with E-state index in [1.807, 2.05) is 39.0 Å². The Labute approximate surface area is 170 Å². The number of hydrogen-bond donors (Lipinski definition) is 2. The molecule has 0 aliphatic heterocycles. The normalized spacial score (nSPS) is 10.5. The molecule has 3 aromatic carbocycles. The zero-order chi connectivity index (χ0) is 20.8. The van der Waals surface area contributed by atoms with Crippen molar-refractivity contribution in [2.45, 2.75) is 26.9 Å². The first-order valence-electron chi connectivity index (χ1n) is 9.47. The monoisotopic (exact) mass is 388 g/mol. The molecule has 148 valence electrons. The number of hydrogen-bond acceptors (Lipinski definition) is 3. The Hall–Kier alpha value is -3.60. The van der Waals surface area contributed by atoms with E-state index in [-0.39, 0.29) is 17.9 Å². The SMILES string of the molecule is Cc1cccc(C(=O)Nc2ccc(NC(=O)c3ccc(OC(C)C)cc3)cc2)c1. The summed E-state index contributed by atoms with van der Waals surface area (Å²) < 4.78 is 5.58. The molecule has 2 amide bonds. The third-order valence-electron chi connectivity index (χ3n) is 4.17. The number of nitrogens with one attached hydrogen (secondary N) is 2. The van der Waals surface area contributed by atoms with Crippen LogP contribution in [0.3, 0.4) is 0 Å². The average Bonchev–Trinajstić information content (AvgIpc) is 2.69. The summed E-state index contributed by atoms with van der Waals surface area (Å²) in [5, 5.41) is 5.70. The molecule has 0 spiro atoms. The number of anilines is 2. The lowest BCUT2D eigenvalue weighted by Gasteiger charge is -2.11. The summed E-state index contributed by atoms with van der Waals surface area (Å²) in [5.74, 6) is 0.345. The van der Waals surface area contributed by atoms with Crippen molar-refractivity contribution in [2.75, 3.05) is 10.6 Å². The number of carbonyl (C=O) groups excluding carboxylic acids is 2. The largest absolute Gasteiger partial charge is 0.491 e. The predicted molar refractivity (Wildman–Crippen MR) is 116 cm³/mol. The van der Waals surface area contributed by atoms with Crippen molar-refractivity contribution < 1.29 is 14.3 Å². The van der Waals surface area contributed by atoms with Gasteiger partial charge in [-0.15, -0.1) is 0 Å². The van der Waals surface area contributed by atoms with Crippen molar-refractivity contribution in [2.24, 2.45) is 0 Å². The fourth-order valence-corrected chi connectivity index (χ4v) is 2.79. The van der Waals surface area contributed by atoms with E-state index in [9.17, 15) is 9.59 Å². The molecule has 0 saturated carbocycles. The number of rotatable bonds is 6. The molecule has 5 heteroatoms. The van der Waals surface area contributed by atoms with Crippen molar-refractivity contribution in [1.29, 1.82) is 0 Å². The number of ether oxygens (including phenoxy) is 1. The van der Waals surface area contributed by atoms with Crippen LogP contribution in [0.5, 0.6) is 5.75 Å². The third kappa shape index (κ3) is 5.69. The Morgan fingerprint density at radius 2 is 1.31 bits per heavy atom. The second-order valence-corrected chi connectivity index (χ2v) is 7.05. The van der Waals surface area contributed by atoms with E-state index in [2.05, 4.69) is 10.6 Å². The fraction of sp³-hybridized carbons (Fsp3) is 0.167. The summed E-state index contributed by atoms with van der Waals surface area (Å²) in [4.78, 5) is 24.7. The molecule has 0 radical (unpaired) electrons. The van der Waals surface area contributed by atoms with E-state index in [0.29, 0.717) is 22.5 Å². The van der Waals surface area contributed by atoms with Gasteiger partial charge >= 0.3 is 0 Å². The quantitative estimate of drug-likeness (QED) is 0.603. The molecule has 5 nitrogen and oxygen atoms in total. The summed E-state index contributed by atoms with van der Waals surface area (Å²) in [6, 6.07) is 21.4. The van der Waals surface area contributed by atoms with Gasteiger partial charge in [-0.05, 0) is 81.4 Å².